The number of carbonyl (C=O) groups is 1. The van der Waals surface area contributed by atoms with Gasteiger partial charge in [-0.1, -0.05) is 12.1 Å². The third-order valence-corrected chi connectivity index (χ3v) is 4.24. The fourth-order valence-electron chi connectivity index (χ4n) is 2.11. The Balaban J connectivity index is 2.14. The van der Waals surface area contributed by atoms with Crippen molar-refractivity contribution in [2.75, 3.05) is 0 Å². The summed E-state index contributed by atoms with van der Waals surface area (Å²) < 4.78 is 2.34. The minimum atomic E-state index is -0.891. The topological polar surface area (TPSA) is 75.1 Å². The van der Waals surface area contributed by atoms with Gasteiger partial charge in [0.1, 0.15) is 4.70 Å². The van der Waals surface area contributed by atoms with Crippen molar-refractivity contribution in [1.82, 2.24) is 9.55 Å². The number of fused-ring (bicyclic) bond motifs is 1. The average Bonchev–Trinajstić information content (AvgIpc) is 2.88. The Morgan fingerprint density at radius 3 is 2.67 bits per heavy atom. The van der Waals surface area contributed by atoms with Crippen LogP contribution < -0.4 is 5.56 Å². The van der Waals surface area contributed by atoms with Crippen molar-refractivity contribution in [3.63, 3.8) is 0 Å². The quantitative estimate of drug-likeness (QED) is 0.728. The lowest BCUT2D eigenvalue weighted by Gasteiger charge is -2.07. The van der Waals surface area contributed by atoms with E-state index in [1.807, 2.05) is 11.4 Å². The van der Waals surface area contributed by atoms with Crippen molar-refractivity contribution < 1.29 is 9.90 Å². The Labute approximate surface area is 128 Å². The molecule has 2 heterocycles. The molecule has 0 bridgehead atoms. The first-order chi connectivity index (χ1) is 10.1. The summed E-state index contributed by atoms with van der Waals surface area (Å²) in [4.78, 5) is 26.2. The minimum Gasteiger partial charge on any atom is -0.481 e. The van der Waals surface area contributed by atoms with Crippen LogP contribution in [0.1, 0.15) is 5.56 Å². The van der Waals surface area contributed by atoms with E-state index in [4.69, 9.17) is 17.3 Å². The molecule has 0 spiro atoms. The number of nitrogens with zero attached hydrogens (tertiary/aromatic N) is 1. The van der Waals surface area contributed by atoms with Crippen LogP contribution in [0.25, 0.3) is 15.9 Å². The van der Waals surface area contributed by atoms with Gasteiger partial charge in [0.2, 0.25) is 0 Å². The van der Waals surface area contributed by atoms with Gasteiger partial charge in [-0.3, -0.25) is 14.2 Å². The van der Waals surface area contributed by atoms with Gasteiger partial charge >= 0.3 is 5.97 Å². The lowest BCUT2D eigenvalue weighted by atomic mass is 10.1. The summed E-state index contributed by atoms with van der Waals surface area (Å²) in [6.07, 6.45) is -0.0496. The second-order valence-electron chi connectivity index (χ2n) is 4.47. The molecule has 0 fully saturated rings. The highest BCUT2D eigenvalue weighted by atomic mass is 32.1. The first kappa shape index (κ1) is 13.7. The number of aliphatic carboxylic acids is 1. The van der Waals surface area contributed by atoms with Crippen molar-refractivity contribution in [3.05, 3.63) is 56.4 Å². The fourth-order valence-corrected chi connectivity index (χ4v) is 3.19. The summed E-state index contributed by atoms with van der Waals surface area (Å²) in [5.41, 5.74) is 1.85. The number of carboxylic acid groups (broad SMARTS) is 1. The van der Waals surface area contributed by atoms with E-state index in [9.17, 15) is 9.59 Å². The first-order valence-electron chi connectivity index (χ1n) is 6.10. The summed E-state index contributed by atoms with van der Waals surface area (Å²) >= 11 is 6.59. The molecule has 0 radical (unpaired) electrons. The third kappa shape index (κ3) is 2.53. The van der Waals surface area contributed by atoms with Crippen LogP contribution in [-0.4, -0.2) is 20.6 Å². The lowest BCUT2D eigenvalue weighted by molar-refractivity contribution is -0.136. The van der Waals surface area contributed by atoms with E-state index in [0.29, 0.717) is 20.7 Å². The molecular formula is C14H10N2O3S2. The van der Waals surface area contributed by atoms with Gasteiger partial charge in [-0.05, 0) is 41.4 Å². The number of rotatable bonds is 3. The number of benzene rings is 1. The van der Waals surface area contributed by atoms with Gasteiger partial charge in [0.25, 0.3) is 5.56 Å². The molecular weight excluding hydrogens is 308 g/mol. The van der Waals surface area contributed by atoms with Crippen LogP contribution in [0.2, 0.25) is 0 Å². The molecule has 3 aromatic rings. The van der Waals surface area contributed by atoms with Crippen LogP contribution in [0.4, 0.5) is 0 Å². The molecule has 0 aliphatic heterocycles. The number of hydrogen-bond donors (Lipinski definition) is 2. The third-order valence-electron chi connectivity index (χ3n) is 3.06. The van der Waals surface area contributed by atoms with Crippen LogP contribution in [0, 0.1) is 4.77 Å². The number of aromatic nitrogens is 2. The minimum absolute atomic E-state index is 0.0496. The second-order valence-corrected chi connectivity index (χ2v) is 5.77. The lowest BCUT2D eigenvalue weighted by Crippen LogP contribution is -2.19. The molecule has 0 atom stereocenters. The summed E-state index contributed by atoms with van der Waals surface area (Å²) in [6.45, 7) is 0. The predicted octanol–water partition coefficient (Wildman–Crippen LogP) is 2.74. The van der Waals surface area contributed by atoms with Crippen molar-refractivity contribution in [1.29, 1.82) is 0 Å². The summed E-state index contributed by atoms with van der Waals surface area (Å²) in [5, 5.41) is 10.6. The predicted molar refractivity (Wildman–Crippen MR) is 83.9 cm³/mol. The van der Waals surface area contributed by atoms with Crippen LogP contribution >= 0.6 is 23.6 Å². The highest BCUT2D eigenvalue weighted by Crippen LogP contribution is 2.16. The van der Waals surface area contributed by atoms with E-state index in [1.54, 1.807) is 24.3 Å². The Hall–Kier alpha value is -2.25. The zero-order valence-corrected chi connectivity index (χ0v) is 12.3. The monoisotopic (exact) mass is 318 g/mol. The highest BCUT2D eigenvalue weighted by molar-refractivity contribution is 7.71. The molecule has 106 valence electrons. The molecule has 21 heavy (non-hydrogen) atoms. The normalized spacial score (nSPS) is 10.9. The molecule has 7 heteroatoms. The van der Waals surface area contributed by atoms with Crippen molar-refractivity contribution in [2.45, 2.75) is 6.42 Å². The van der Waals surface area contributed by atoms with Crippen LogP contribution in [0.5, 0.6) is 0 Å². The van der Waals surface area contributed by atoms with E-state index in [1.165, 1.54) is 15.9 Å². The van der Waals surface area contributed by atoms with Gasteiger partial charge in [0.15, 0.2) is 4.77 Å². The number of nitrogens with one attached hydrogen (secondary N) is 1. The van der Waals surface area contributed by atoms with Crippen LogP contribution in [-0.2, 0) is 11.2 Å². The number of aromatic amines is 1. The molecule has 0 saturated heterocycles. The smallest absolute Gasteiger partial charge is 0.307 e. The Bertz CT molecular complexity index is 935. The van der Waals surface area contributed by atoms with Crippen molar-refractivity contribution in [2.24, 2.45) is 0 Å². The molecule has 1 aromatic carbocycles. The van der Waals surface area contributed by atoms with E-state index in [-0.39, 0.29) is 12.0 Å². The van der Waals surface area contributed by atoms with Crippen molar-refractivity contribution in [3.8, 4) is 5.69 Å². The number of hydrogen-bond acceptors (Lipinski definition) is 4. The Morgan fingerprint density at radius 2 is 2.00 bits per heavy atom. The molecule has 2 aromatic heterocycles. The molecule has 0 unspecified atom stereocenters. The number of thiophene rings is 1. The Kier molecular flexibility index (Phi) is 3.44. The maximum atomic E-state index is 12.5. The van der Waals surface area contributed by atoms with Crippen LogP contribution in [0.15, 0.2) is 40.5 Å². The van der Waals surface area contributed by atoms with Crippen LogP contribution in [0.3, 0.4) is 0 Å². The summed E-state index contributed by atoms with van der Waals surface area (Å²) in [5.74, 6) is -0.891. The van der Waals surface area contributed by atoms with E-state index >= 15 is 0 Å². The van der Waals surface area contributed by atoms with Gasteiger partial charge < -0.3 is 10.1 Å². The molecule has 0 amide bonds. The largest absolute Gasteiger partial charge is 0.481 e. The van der Waals surface area contributed by atoms with Gasteiger partial charge in [0.05, 0.1) is 17.6 Å². The average molecular weight is 318 g/mol. The van der Waals surface area contributed by atoms with E-state index < -0.39 is 5.97 Å². The maximum Gasteiger partial charge on any atom is 0.307 e. The summed E-state index contributed by atoms with van der Waals surface area (Å²) in [6, 6.07) is 8.58. The zero-order valence-electron chi connectivity index (χ0n) is 10.7. The zero-order chi connectivity index (χ0) is 15.0. The fraction of sp³-hybridized carbons (Fsp3) is 0.0714. The standard InChI is InChI=1S/C14H10N2O3S2/c17-11(18)7-8-1-3-9(4-2-8)16-13(19)12-10(5-6-21-12)15-14(16)20/h1-6H,7H2,(H,15,20)(H,17,18). The molecule has 0 aliphatic carbocycles. The van der Waals surface area contributed by atoms with Gasteiger partial charge in [-0.2, -0.15) is 0 Å². The Morgan fingerprint density at radius 1 is 1.29 bits per heavy atom. The second kappa shape index (κ2) is 5.27. The number of H-pyrrole nitrogens is 1. The molecule has 2 N–H and O–H groups in total. The van der Waals surface area contributed by atoms with E-state index in [0.717, 1.165) is 5.52 Å². The maximum absolute atomic E-state index is 12.5. The van der Waals surface area contributed by atoms with Crippen molar-refractivity contribution >= 4 is 39.7 Å². The highest BCUT2D eigenvalue weighted by Gasteiger charge is 2.09. The molecule has 3 rings (SSSR count). The first-order valence-corrected chi connectivity index (χ1v) is 7.39. The van der Waals surface area contributed by atoms with Gasteiger partial charge in [-0.25, -0.2) is 0 Å². The molecule has 5 nitrogen and oxygen atoms in total. The molecule has 0 aliphatic rings. The SMILES string of the molecule is O=C(O)Cc1ccc(-n2c(=S)[nH]c3ccsc3c2=O)cc1. The molecule has 0 saturated carbocycles. The van der Waals surface area contributed by atoms with Gasteiger partial charge in [0, 0.05) is 0 Å². The number of carboxylic acids is 1. The summed E-state index contributed by atoms with van der Waals surface area (Å²) in [7, 11) is 0. The van der Waals surface area contributed by atoms with E-state index in [2.05, 4.69) is 4.98 Å². The van der Waals surface area contributed by atoms with Gasteiger partial charge in [-0.15, -0.1) is 11.3 Å².